The Balaban J connectivity index is 1.81. The molecule has 1 saturated heterocycles. The van der Waals surface area contributed by atoms with Crippen molar-refractivity contribution in [3.05, 3.63) is 0 Å². The van der Waals surface area contributed by atoms with Gasteiger partial charge >= 0.3 is 5.97 Å². The second kappa shape index (κ2) is 4.41. The van der Waals surface area contributed by atoms with Crippen molar-refractivity contribution in [2.45, 2.75) is 38.1 Å². The highest BCUT2D eigenvalue weighted by molar-refractivity contribution is 5.83. The number of carboxylic acid groups (broad SMARTS) is 1. The quantitative estimate of drug-likeness (QED) is 0.635. The number of hydrogen-bond donors (Lipinski definition) is 3. The average molecular weight is 226 g/mol. The molecule has 1 aliphatic carbocycles. The molecule has 1 saturated carbocycles. The van der Waals surface area contributed by atoms with Crippen LogP contribution in [0.2, 0.25) is 0 Å². The Labute approximate surface area is 94.6 Å². The van der Waals surface area contributed by atoms with Crippen LogP contribution >= 0.6 is 0 Å². The van der Waals surface area contributed by atoms with Crippen molar-refractivity contribution in [3.8, 4) is 0 Å². The molecule has 2 rings (SSSR count). The van der Waals surface area contributed by atoms with E-state index in [1.54, 1.807) is 0 Å². The van der Waals surface area contributed by atoms with Gasteiger partial charge in [-0.25, -0.2) is 0 Å². The lowest BCUT2D eigenvalue weighted by atomic mass is 9.69. The minimum atomic E-state index is -0.779. The predicted molar refractivity (Wildman–Crippen MR) is 58.0 cm³/mol. The highest BCUT2D eigenvalue weighted by Crippen LogP contribution is 2.40. The fourth-order valence-electron chi connectivity index (χ4n) is 2.36. The summed E-state index contributed by atoms with van der Waals surface area (Å²) >= 11 is 0. The summed E-state index contributed by atoms with van der Waals surface area (Å²) in [6, 6.07) is -0.120. The van der Waals surface area contributed by atoms with Crippen molar-refractivity contribution < 1.29 is 14.7 Å². The Kier molecular flexibility index (Phi) is 3.14. The number of carboxylic acids is 1. The number of rotatable bonds is 4. The molecule has 0 unspecified atom stereocenters. The summed E-state index contributed by atoms with van der Waals surface area (Å²) in [5.41, 5.74) is -0.686. The van der Waals surface area contributed by atoms with Crippen molar-refractivity contribution in [1.29, 1.82) is 0 Å². The monoisotopic (exact) mass is 226 g/mol. The van der Waals surface area contributed by atoms with Gasteiger partial charge in [-0.3, -0.25) is 9.59 Å². The molecule has 1 atom stereocenters. The lowest BCUT2D eigenvalue weighted by molar-refractivity contribution is -0.154. The van der Waals surface area contributed by atoms with Crippen molar-refractivity contribution in [2.24, 2.45) is 5.41 Å². The fourth-order valence-corrected chi connectivity index (χ4v) is 2.36. The Hall–Kier alpha value is -1.10. The maximum absolute atomic E-state index is 11.7. The number of carbonyl (C=O) groups excluding carboxylic acids is 1. The van der Waals surface area contributed by atoms with Gasteiger partial charge in [0, 0.05) is 6.54 Å². The van der Waals surface area contributed by atoms with Gasteiger partial charge in [0.2, 0.25) is 5.91 Å². The second-order valence-corrected chi connectivity index (χ2v) is 4.81. The van der Waals surface area contributed by atoms with Crippen LogP contribution in [-0.4, -0.2) is 36.1 Å². The van der Waals surface area contributed by atoms with Gasteiger partial charge in [0.1, 0.15) is 0 Å². The van der Waals surface area contributed by atoms with Crippen LogP contribution in [0.25, 0.3) is 0 Å². The maximum Gasteiger partial charge on any atom is 0.311 e. The molecule has 1 amide bonds. The molecule has 0 aromatic heterocycles. The minimum absolute atomic E-state index is 0.0509. The summed E-state index contributed by atoms with van der Waals surface area (Å²) in [4.78, 5) is 22.8. The minimum Gasteiger partial charge on any atom is -0.481 e. The summed E-state index contributed by atoms with van der Waals surface area (Å²) in [7, 11) is 0. The lowest BCUT2D eigenvalue weighted by Gasteiger charge is -2.37. The summed E-state index contributed by atoms with van der Waals surface area (Å²) in [5, 5.41) is 15.0. The van der Waals surface area contributed by atoms with E-state index in [-0.39, 0.29) is 18.5 Å². The van der Waals surface area contributed by atoms with Crippen LogP contribution < -0.4 is 10.6 Å². The Morgan fingerprint density at radius 1 is 1.38 bits per heavy atom. The molecule has 1 aliphatic heterocycles. The van der Waals surface area contributed by atoms with E-state index in [0.717, 1.165) is 25.8 Å². The van der Waals surface area contributed by atoms with Gasteiger partial charge in [0.05, 0.1) is 11.5 Å². The van der Waals surface area contributed by atoms with E-state index < -0.39 is 11.4 Å². The van der Waals surface area contributed by atoms with Crippen molar-refractivity contribution in [3.63, 3.8) is 0 Å². The summed E-state index contributed by atoms with van der Waals surface area (Å²) < 4.78 is 0. The molecule has 0 spiro atoms. The van der Waals surface area contributed by atoms with Crippen LogP contribution in [-0.2, 0) is 9.59 Å². The highest BCUT2D eigenvalue weighted by Gasteiger charge is 2.44. The van der Waals surface area contributed by atoms with Gasteiger partial charge in [0.25, 0.3) is 0 Å². The van der Waals surface area contributed by atoms with Crippen molar-refractivity contribution in [2.75, 3.05) is 13.1 Å². The SMILES string of the molecule is O=C(NCC1(C(=O)O)CCC1)[C@H]1CCCN1. The second-order valence-electron chi connectivity index (χ2n) is 4.81. The average Bonchev–Trinajstić information content (AvgIpc) is 2.67. The smallest absolute Gasteiger partial charge is 0.311 e. The molecule has 0 radical (unpaired) electrons. The number of hydrogen-bond acceptors (Lipinski definition) is 3. The van der Waals surface area contributed by atoms with E-state index in [9.17, 15) is 9.59 Å². The standard InChI is InChI=1S/C11H18N2O3/c14-9(8-3-1-6-12-8)13-7-11(10(15)16)4-2-5-11/h8,12H,1-7H2,(H,13,14)(H,15,16)/t8-/m1/s1. The number of nitrogens with one attached hydrogen (secondary N) is 2. The van der Waals surface area contributed by atoms with Crippen molar-refractivity contribution >= 4 is 11.9 Å². The van der Waals surface area contributed by atoms with Gasteiger partial charge < -0.3 is 15.7 Å². The topological polar surface area (TPSA) is 78.4 Å². The van der Waals surface area contributed by atoms with E-state index in [1.165, 1.54) is 0 Å². The first kappa shape index (κ1) is 11.4. The molecule has 2 fully saturated rings. The summed E-state index contributed by atoms with van der Waals surface area (Å²) in [5.74, 6) is -0.830. The number of carbonyl (C=O) groups is 2. The third kappa shape index (κ3) is 2.04. The fraction of sp³-hybridized carbons (Fsp3) is 0.818. The zero-order valence-corrected chi connectivity index (χ0v) is 9.29. The first-order chi connectivity index (χ1) is 7.64. The maximum atomic E-state index is 11.7. The van der Waals surface area contributed by atoms with E-state index in [0.29, 0.717) is 12.8 Å². The molecular formula is C11H18N2O3. The normalized spacial score (nSPS) is 27.1. The van der Waals surface area contributed by atoms with Gasteiger partial charge in [-0.1, -0.05) is 6.42 Å². The molecule has 0 bridgehead atoms. The zero-order chi connectivity index (χ0) is 11.6. The zero-order valence-electron chi connectivity index (χ0n) is 9.29. The van der Waals surface area contributed by atoms with Gasteiger partial charge in [-0.2, -0.15) is 0 Å². The molecule has 16 heavy (non-hydrogen) atoms. The third-order valence-electron chi connectivity index (χ3n) is 3.74. The van der Waals surface area contributed by atoms with E-state index in [2.05, 4.69) is 10.6 Å². The number of aliphatic carboxylic acids is 1. The van der Waals surface area contributed by atoms with Crippen LogP contribution in [0, 0.1) is 5.41 Å². The first-order valence-corrected chi connectivity index (χ1v) is 5.89. The molecule has 1 heterocycles. The molecule has 3 N–H and O–H groups in total. The molecule has 5 nitrogen and oxygen atoms in total. The van der Waals surface area contributed by atoms with Crippen LogP contribution in [0.1, 0.15) is 32.1 Å². The van der Waals surface area contributed by atoms with E-state index in [4.69, 9.17) is 5.11 Å². The van der Waals surface area contributed by atoms with Crippen LogP contribution in [0.5, 0.6) is 0 Å². The van der Waals surface area contributed by atoms with E-state index in [1.807, 2.05) is 0 Å². The molecular weight excluding hydrogens is 208 g/mol. The largest absolute Gasteiger partial charge is 0.481 e. The van der Waals surface area contributed by atoms with Crippen LogP contribution in [0.15, 0.2) is 0 Å². The molecule has 90 valence electrons. The van der Waals surface area contributed by atoms with Gasteiger partial charge in [-0.15, -0.1) is 0 Å². The Morgan fingerprint density at radius 3 is 2.56 bits per heavy atom. The molecule has 5 heteroatoms. The highest BCUT2D eigenvalue weighted by atomic mass is 16.4. The Bertz CT molecular complexity index is 294. The van der Waals surface area contributed by atoms with Crippen molar-refractivity contribution in [1.82, 2.24) is 10.6 Å². The third-order valence-corrected chi connectivity index (χ3v) is 3.74. The lowest BCUT2D eigenvalue weighted by Crippen LogP contribution is -2.50. The van der Waals surface area contributed by atoms with Gasteiger partial charge in [0.15, 0.2) is 0 Å². The molecule has 0 aromatic carbocycles. The van der Waals surface area contributed by atoms with Crippen LogP contribution in [0.4, 0.5) is 0 Å². The molecule has 0 aromatic rings. The van der Waals surface area contributed by atoms with E-state index >= 15 is 0 Å². The van der Waals surface area contributed by atoms with Gasteiger partial charge in [-0.05, 0) is 32.2 Å². The number of amides is 1. The summed E-state index contributed by atoms with van der Waals surface area (Å²) in [6.45, 7) is 1.15. The summed E-state index contributed by atoms with van der Waals surface area (Å²) in [6.07, 6.45) is 4.18. The molecule has 2 aliphatic rings. The van der Waals surface area contributed by atoms with Crippen LogP contribution in [0.3, 0.4) is 0 Å². The first-order valence-electron chi connectivity index (χ1n) is 5.89. The Morgan fingerprint density at radius 2 is 2.12 bits per heavy atom. The predicted octanol–water partition coefficient (Wildman–Crippen LogP) is 0.109.